The van der Waals surface area contributed by atoms with Crippen LogP contribution in [0.5, 0.6) is 0 Å². The molecule has 1 nitrogen and oxygen atoms in total. The lowest BCUT2D eigenvalue weighted by atomic mass is 10.0. The van der Waals surface area contributed by atoms with Crippen molar-refractivity contribution in [3.05, 3.63) is 60.2 Å². The molecule has 2 aromatic rings. The van der Waals surface area contributed by atoms with Crippen LogP contribution >= 0.6 is 0 Å². The van der Waals surface area contributed by atoms with Crippen LogP contribution in [0.25, 0.3) is 11.1 Å². The first kappa shape index (κ1) is 8.97. The number of benzene rings is 2. The Morgan fingerprint density at radius 2 is 1.86 bits per heavy atom. The van der Waals surface area contributed by atoms with Crippen LogP contribution in [-0.2, 0) is 6.61 Å². The second-order valence-corrected chi connectivity index (χ2v) is 3.13. The number of aliphatic hydroxyl groups is 1. The largest absolute Gasteiger partial charge is 0.392 e. The Bertz CT molecular complexity index is 407. The van der Waals surface area contributed by atoms with Crippen LogP contribution in [0.2, 0.25) is 0 Å². The van der Waals surface area contributed by atoms with Crippen LogP contribution in [0.4, 0.5) is 0 Å². The number of hydrogen-bond donors (Lipinski definition) is 1. The maximum atomic E-state index is 9.00. The number of aliphatic hydroxyl groups excluding tert-OH is 1. The standard InChI is InChI=1S/C13H11O/c14-10-11-5-4-8-13(9-11)12-6-2-1-3-7-12/h1-7,9,14H,10H2. The Hall–Kier alpha value is -1.60. The van der Waals surface area contributed by atoms with Crippen LogP contribution in [0.1, 0.15) is 5.56 Å². The first-order valence-corrected chi connectivity index (χ1v) is 4.57. The molecule has 0 saturated carbocycles. The van der Waals surface area contributed by atoms with E-state index in [4.69, 9.17) is 5.11 Å². The summed E-state index contributed by atoms with van der Waals surface area (Å²) < 4.78 is 0. The average Bonchev–Trinajstić information content (AvgIpc) is 2.30. The molecule has 1 N–H and O–H groups in total. The third kappa shape index (κ3) is 1.83. The zero-order valence-corrected chi connectivity index (χ0v) is 7.77. The third-order valence-corrected chi connectivity index (χ3v) is 2.13. The van der Waals surface area contributed by atoms with E-state index in [0.717, 1.165) is 16.7 Å². The van der Waals surface area contributed by atoms with Crippen LogP contribution in [-0.4, -0.2) is 5.11 Å². The zero-order chi connectivity index (χ0) is 9.80. The molecule has 0 saturated heterocycles. The molecule has 0 aliphatic carbocycles. The van der Waals surface area contributed by atoms with Gasteiger partial charge < -0.3 is 5.11 Å². The summed E-state index contributed by atoms with van der Waals surface area (Å²) in [5.74, 6) is 0. The minimum absolute atomic E-state index is 0.0779. The zero-order valence-electron chi connectivity index (χ0n) is 7.77. The second-order valence-electron chi connectivity index (χ2n) is 3.13. The first-order chi connectivity index (χ1) is 6.90. The predicted molar refractivity (Wildman–Crippen MR) is 56.6 cm³/mol. The Morgan fingerprint density at radius 3 is 2.57 bits per heavy atom. The van der Waals surface area contributed by atoms with Crippen molar-refractivity contribution in [2.45, 2.75) is 6.61 Å². The molecule has 0 heterocycles. The number of hydrogen-bond acceptors (Lipinski definition) is 1. The molecule has 1 radical (unpaired) electrons. The second kappa shape index (κ2) is 4.07. The molecule has 0 aliphatic rings. The van der Waals surface area contributed by atoms with Crippen molar-refractivity contribution in [2.75, 3.05) is 0 Å². The molecular weight excluding hydrogens is 172 g/mol. The maximum Gasteiger partial charge on any atom is 0.0682 e. The SMILES string of the molecule is OCc1cc[c]c(-c2ccccc2)c1. The van der Waals surface area contributed by atoms with Crippen LogP contribution in [0.15, 0.2) is 48.5 Å². The van der Waals surface area contributed by atoms with E-state index < -0.39 is 0 Å². The van der Waals surface area contributed by atoms with Gasteiger partial charge in [-0.3, -0.25) is 0 Å². The van der Waals surface area contributed by atoms with E-state index in [1.807, 2.05) is 48.5 Å². The summed E-state index contributed by atoms with van der Waals surface area (Å²) in [7, 11) is 0. The molecule has 14 heavy (non-hydrogen) atoms. The molecule has 0 fully saturated rings. The fraction of sp³-hybridized carbons (Fsp3) is 0.0769. The smallest absolute Gasteiger partial charge is 0.0682 e. The summed E-state index contributed by atoms with van der Waals surface area (Å²) in [5.41, 5.74) is 3.07. The highest BCUT2D eigenvalue weighted by atomic mass is 16.3. The normalized spacial score (nSPS) is 10.1. The van der Waals surface area contributed by atoms with Crippen molar-refractivity contribution in [1.29, 1.82) is 0 Å². The van der Waals surface area contributed by atoms with Crippen molar-refractivity contribution in [1.82, 2.24) is 0 Å². The van der Waals surface area contributed by atoms with E-state index in [9.17, 15) is 0 Å². The highest BCUT2D eigenvalue weighted by Gasteiger charge is 1.97. The fourth-order valence-electron chi connectivity index (χ4n) is 1.40. The Labute approximate surface area is 83.6 Å². The van der Waals surface area contributed by atoms with Gasteiger partial charge in [-0.25, -0.2) is 0 Å². The van der Waals surface area contributed by atoms with Crippen molar-refractivity contribution >= 4 is 0 Å². The molecule has 0 unspecified atom stereocenters. The van der Waals surface area contributed by atoms with Crippen molar-refractivity contribution in [3.8, 4) is 11.1 Å². The Kier molecular flexibility index (Phi) is 2.61. The van der Waals surface area contributed by atoms with Gasteiger partial charge in [0, 0.05) is 0 Å². The van der Waals surface area contributed by atoms with Gasteiger partial charge in [0.1, 0.15) is 0 Å². The van der Waals surface area contributed by atoms with Crippen molar-refractivity contribution in [3.63, 3.8) is 0 Å². The van der Waals surface area contributed by atoms with Crippen LogP contribution in [0.3, 0.4) is 0 Å². The van der Waals surface area contributed by atoms with E-state index in [1.165, 1.54) is 0 Å². The average molecular weight is 183 g/mol. The lowest BCUT2D eigenvalue weighted by Crippen LogP contribution is -1.84. The van der Waals surface area contributed by atoms with Gasteiger partial charge in [-0.15, -0.1) is 0 Å². The van der Waals surface area contributed by atoms with Gasteiger partial charge in [-0.05, 0) is 28.8 Å². The van der Waals surface area contributed by atoms with Gasteiger partial charge in [0.15, 0.2) is 0 Å². The highest BCUT2D eigenvalue weighted by Crippen LogP contribution is 2.19. The quantitative estimate of drug-likeness (QED) is 0.758. The maximum absolute atomic E-state index is 9.00. The topological polar surface area (TPSA) is 20.2 Å². The molecule has 0 atom stereocenters. The van der Waals surface area contributed by atoms with E-state index in [-0.39, 0.29) is 6.61 Å². The van der Waals surface area contributed by atoms with Gasteiger partial charge >= 0.3 is 0 Å². The van der Waals surface area contributed by atoms with E-state index in [0.29, 0.717) is 0 Å². The summed E-state index contributed by atoms with van der Waals surface area (Å²) in [6.07, 6.45) is 0. The summed E-state index contributed by atoms with van der Waals surface area (Å²) in [4.78, 5) is 0. The molecule has 0 amide bonds. The summed E-state index contributed by atoms with van der Waals surface area (Å²) >= 11 is 0. The molecule has 0 spiro atoms. The highest BCUT2D eigenvalue weighted by molar-refractivity contribution is 5.63. The van der Waals surface area contributed by atoms with Gasteiger partial charge in [0.2, 0.25) is 0 Å². The minimum Gasteiger partial charge on any atom is -0.392 e. The van der Waals surface area contributed by atoms with Gasteiger partial charge in [-0.1, -0.05) is 42.5 Å². The van der Waals surface area contributed by atoms with E-state index >= 15 is 0 Å². The van der Waals surface area contributed by atoms with Crippen LogP contribution < -0.4 is 0 Å². The van der Waals surface area contributed by atoms with Gasteiger partial charge in [0.05, 0.1) is 6.61 Å². The molecule has 0 bridgehead atoms. The predicted octanol–water partition coefficient (Wildman–Crippen LogP) is 2.65. The van der Waals surface area contributed by atoms with Crippen molar-refractivity contribution in [2.24, 2.45) is 0 Å². The third-order valence-electron chi connectivity index (χ3n) is 2.13. The summed E-state index contributed by atoms with van der Waals surface area (Å²) in [5, 5.41) is 9.00. The summed E-state index contributed by atoms with van der Waals surface area (Å²) in [6, 6.07) is 18.9. The first-order valence-electron chi connectivity index (χ1n) is 4.57. The lowest BCUT2D eigenvalue weighted by molar-refractivity contribution is 0.282. The number of rotatable bonds is 2. The lowest BCUT2D eigenvalue weighted by Gasteiger charge is -2.02. The van der Waals surface area contributed by atoms with Crippen molar-refractivity contribution < 1.29 is 5.11 Å². The van der Waals surface area contributed by atoms with Gasteiger partial charge in [-0.2, -0.15) is 0 Å². The molecular formula is C13H11O. The molecule has 0 aromatic heterocycles. The molecule has 2 aromatic carbocycles. The molecule has 0 aliphatic heterocycles. The summed E-state index contributed by atoms with van der Waals surface area (Å²) in [6.45, 7) is 0.0779. The molecule has 2 rings (SSSR count). The van der Waals surface area contributed by atoms with E-state index in [1.54, 1.807) is 0 Å². The minimum atomic E-state index is 0.0779. The Balaban J connectivity index is 2.42. The van der Waals surface area contributed by atoms with Gasteiger partial charge in [0.25, 0.3) is 0 Å². The molecule has 1 heteroatoms. The fourth-order valence-corrected chi connectivity index (χ4v) is 1.40. The van der Waals surface area contributed by atoms with Crippen LogP contribution in [0, 0.1) is 6.07 Å². The monoisotopic (exact) mass is 183 g/mol. The Morgan fingerprint density at radius 1 is 1.07 bits per heavy atom. The molecule has 69 valence electrons. The van der Waals surface area contributed by atoms with E-state index in [2.05, 4.69) is 6.07 Å².